The summed E-state index contributed by atoms with van der Waals surface area (Å²) in [6.07, 6.45) is 0.342. The van der Waals surface area contributed by atoms with Gasteiger partial charge in [-0.05, 0) is 43.7 Å². The number of nitrogens with one attached hydrogen (secondary N) is 1. The van der Waals surface area contributed by atoms with Crippen LogP contribution in [0.5, 0.6) is 5.75 Å². The maximum Gasteiger partial charge on any atom is 0.261 e. The smallest absolute Gasteiger partial charge is 0.261 e. The lowest BCUT2D eigenvalue weighted by molar-refractivity contribution is -0.127. The summed E-state index contributed by atoms with van der Waals surface area (Å²) in [5.74, 6) is 0.832. The van der Waals surface area contributed by atoms with Gasteiger partial charge < -0.3 is 14.6 Å². The Labute approximate surface area is 181 Å². The molecule has 0 aliphatic rings. The molecule has 0 spiro atoms. The molecule has 0 bridgehead atoms. The molecule has 3 rings (SSSR count). The van der Waals surface area contributed by atoms with Crippen LogP contribution in [0.1, 0.15) is 18.4 Å². The van der Waals surface area contributed by atoms with Gasteiger partial charge in [-0.15, -0.1) is 0 Å². The fourth-order valence-electron chi connectivity index (χ4n) is 2.75. The first-order valence-corrected chi connectivity index (χ1v) is 11.4. The number of ether oxygens (including phenoxy) is 1. The van der Waals surface area contributed by atoms with Gasteiger partial charge in [-0.1, -0.05) is 29.4 Å². The minimum atomic E-state index is -3.35. The van der Waals surface area contributed by atoms with Crippen LogP contribution in [0, 0.1) is 6.92 Å². The van der Waals surface area contributed by atoms with E-state index in [-0.39, 0.29) is 18.3 Å². The zero-order valence-electron chi connectivity index (χ0n) is 17.7. The van der Waals surface area contributed by atoms with Gasteiger partial charge in [0.1, 0.15) is 5.75 Å². The summed E-state index contributed by atoms with van der Waals surface area (Å²) < 4.78 is 35.2. The average Bonchev–Trinajstić information content (AvgIpc) is 3.20. The molecule has 0 radical (unpaired) electrons. The molecule has 1 aromatic heterocycles. The van der Waals surface area contributed by atoms with E-state index in [1.165, 1.54) is 7.05 Å². The van der Waals surface area contributed by atoms with Gasteiger partial charge in [-0.3, -0.25) is 9.10 Å². The number of carbonyl (C=O) groups excluding carboxylic acids is 1. The van der Waals surface area contributed by atoms with Crippen LogP contribution in [-0.2, 0) is 21.4 Å². The molecule has 164 valence electrons. The summed E-state index contributed by atoms with van der Waals surface area (Å²) in [5.41, 5.74) is 2.38. The molecule has 0 fully saturated rings. The molecule has 1 atom stereocenters. The normalized spacial score (nSPS) is 12.3. The Kier molecular flexibility index (Phi) is 6.59. The molecule has 3 aromatic rings. The fraction of sp³-hybridized carbons (Fsp3) is 0.286. The topological polar surface area (TPSA) is 115 Å². The number of anilines is 1. The van der Waals surface area contributed by atoms with Gasteiger partial charge >= 0.3 is 0 Å². The Bertz CT molecular complexity index is 1160. The molecule has 31 heavy (non-hydrogen) atoms. The van der Waals surface area contributed by atoms with Crippen LogP contribution in [-0.4, -0.2) is 43.9 Å². The van der Waals surface area contributed by atoms with Crippen LogP contribution in [0.4, 0.5) is 5.69 Å². The monoisotopic (exact) mass is 444 g/mol. The third-order valence-corrected chi connectivity index (χ3v) is 5.85. The molecule has 1 unspecified atom stereocenters. The van der Waals surface area contributed by atoms with E-state index in [2.05, 4.69) is 15.5 Å². The lowest BCUT2D eigenvalue weighted by Crippen LogP contribution is -2.36. The highest BCUT2D eigenvalue weighted by Gasteiger charge is 2.17. The van der Waals surface area contributed by atoms with Crippen molar-refractivity contribution in [1.82, 2.24) is 15.5 Å². The van der Waals surface area contributed by atoms with E-state index in [1.807, 2.05) is 31.2 Å². The lowest BCUT2D eigenvalue weighted by atomic mass is 10.1. The molecular formula is C21H24N4O5S. The molecule has 0 saturated heterocycles. The van der Waals surface area contributed by atoms with E-state index in [0.717, 1.165) is 21.7 Å². The van der Waals surface area contributed by atoms with Crippen molar-refractivity contribution in [2.24, 2.45) is 0 Å². The summed E-state index contributed by atoms with van der Waals surface area (Å²) in [4.78, 5) is 16.7. The van der Waals surface area contributed by atoms with Crippen molar-refractivity contribution >= 4 is 21.6 Å². The van der Waals surface area contributed by atoms with Crippen LogP contribution in [0.3, 0.4) is 0 Å². The Morgan fingerprint density at radius 1 is 1.19 bits per heavy atom. The van der Waals surface area contributed by atoms with Gasteiger partial charge in [0.15, 0.2) is 6.10 Å². The highest BCUT2D eigenvalue weighted by Crippen LogP contribution is 2.21. The van der Waals surface area contributed by atoms with Crippen LogP contribution in [0.2, 0.25) is 0 Å². The van der Waals surface area contributed by atoms with Crippen molar-refractivity contribution < 1.29 is 22.5 Å². The Morgan fingerprint density at radius 2 is 1.87 bits per heavy atom. The van der Waals surface area contributed by atoms with Crippen molar-refractivity contribution in [1.29, 1.82) is 0 Å². The number of nitrogens with zero attached hydrogens (tertiary/aromatic N) is 3. The van der Waals surface area contributed by atoms with Gasteiger partial charge in [0.05, 0.1) is 18.5 Å². The van der Waals surface area contributed by atoms with E-state index in [4.69, 9.17) is 9.26 Å². The summed E-state index contributed by atoms with van der Waals surface area (Å²) in [6.45, 7) is 3.64. The number of carbonyl (C=O) groups is 1. The predicted molar refractivity (Wildman–Crippen MR) is 116 cm³/mol. The second kappa shape index (κ2) is 9.17. The minimum Gasteiger partial charge on any atom is -0.481 e. The second-order valence-electron chi connectivity index (χ2n) is 7.03. The van der Waals surface area contributed by atoms with E-state index in [0.29, 0.717) is 17.3 Å². The van der Waals surface area contributed by atoms with Gasteiger partial charge in [-0.25, -0.2) is 8.42 Å². The number of aromatic nitrogens is 2. The first-order chi connectivity index (χ1) is 14.6. The first kappa shape index (κ1) is 22.3. The maximum atomic E-state index is 12.3. The van der Waals surface area contributed by atoms with Crippen molar-refractivity contribution in [3.05, 3.63) is 60.0 Å². The number of aryl methyl sites for hydroxylation is 1. The van der Waals surface area contributed by atoms with Crippen LogP contribution < -0.4 is 14.4 Å². The SMILES string of the molecule is Cc1ccccc1-c1noc(CNC(=O)C(C)Oc2ccc(N(C)S(C)(=O)=O)cc2)n1. The van der Waals surface area contributed by atoms with Crippen LogP contribution >= 0.6 is 0 Å². The summed E-state index contributed by atoms with van der Waals surface area (Å²) in [7, 11) is -1.89. The molecule has 1 N–H and O–H groups in total. The zero-order valence-corrected chi connectivity index (χ0v) is 18.5. The fourth-order valence-corrected chi connectivity index (χ4v) is 3.25. The molecule has 1 heterocycles. The van der Waals surface area contributed by atoms with Crippen LogP contribution in [0.25, 0.3) is 11.4 Å². The number of rotatable bonds is 8. The number of amides is 1. The van der Waals surface area contributed by atoms with Crippen molar-refractivity contribution in [2.75, 3.05) is 17.6 Å². The van der Waals surface area contributed by atoms with Gasteiger partial charge in [0.2, 0.25) is 21.7 Å². The molecule has 10 heteroatoms. The number of sulfonamides is 1. The molecule has 2 aromatic carbocycles. The van der Waals surface area contributed by atoms with E-state index in [1.54, 1.807) is 31.2 Å². The van der Waals surface area contributed by atoms with Crippen LogP contribution in [0.15, 0.2) is 53.1 Å². The Morgan fingerprint density at radius 3 is 2.52 bits per heavy atom. The number of benzene rings is 2. The summed E-state index contributed by atoms with van der Waals surface area (Å²) in [6, 6.07) is 14.1. The average molecular weight is 445 g/mol. The quantitative estimate of drug-likeness (QED) is 0.568. The van der Waals surface area contributed by atoms with E-state index < -0.39 is 16.1 Å². The van der Waals surface area contributed by atoms with E-state index in [9.17, 15) is 13.2 Å². The number of hydrogen-bond donors (Lipinski definition) is 1. The first-order valence-electron chi connectivity index (χ1n) is 9.52. The van der Waals surface area contributed by atoms with Gasteiger partial charge in [0, 0.05) is 12.6 Å². The van der Waals surface area contributed by atoms with Gasteiger partial charge in [-0.2, -0.15) is 4.98 Å². The van der Waals surface area contributed by atoms with Gasteiger partial charge in [0.25, 0.3) is 5.91 Å². The van der Waals surface area contributed by atoms with Crippen molar-refractivity contribution in [3.63, 3.8) is 0 Å². The largest absolute Gasteiger partial charge is 0.481 e. The zero-order chi connectivity index (χ0) is 22.6. The standard InChI is InChI=1S/C21H24N4O5S/c1-14-7-5-6-8-18(14)20-23-19(30-24-20)13-22-21(26)15(2)29-17-11-9-16(10-12-17)25(3)31(4,27)28/h5-12,15H,13H2,1-4H3,(H,22,26). The molecule has 9 nitrogen and oxygen atoms in total. The molecule has 0 saturated carbocycles. The second-order valence-corrected chi connectivity index (χ2v) is 9.04. The molecular weight excluding hydrogens is 420 g/mol. The van der Waals surface area contributed by atoms with Crippen molar-refractivity contribution in [2.45, 2.75) is 26.5 Å². The molecule has 0 aliphatic heterocycles. The molecule has 0 aliphatic carbocycles. The highest BCUT2D eigenvalue weighted by atomic mass is 32.2. The van der Waals surface area contributed by atoms with Crippen molar-refractivity contribution in [3.8, 4) is 17.1 Å². The summed E-state index contributed by atoms with van der Waals surface area (Å²) in [5, 5.41) is 6.66. The predicted octanol–water partition coefficient (Wildman–Crippen LogP) is 2.52. The Balaban J connectivity index is 1.55. The van der Waals surface area contributed by atoms with E-state index >= 15 is 0 Å². The number of hydrogen-bond acceptors (Lipinski definition) is 7. The minimum absolute atomic E-state index is 0.0729. The maximum absolute atomic E-state index is 12.3. The highest BCUT2D eigenvalue weighted by molar-refractivity contribution is 7.92. The molecule has 1 amide bonds. The summed E-state index contributed by atoms with van der Waals surface area (Å²) >= 11 is 0. The third-order valence-electron chi connectivity index (χ3n) is 4.65. The Hall–Kier alpha value is -3.40. The lowest BCUT2D eigenvalue weighted by Gasteiger charge is -2.18. The third kappa shape index (κ3) is 5.60.